The smallest absolute Gasteiger partial charge is 0.339 e. The van der Waals surface area contributed by atoms with Gasteiger partial charge in [0.2, 0.25) is 0 Å². The van der Waals surface area contributed by atoms with E-state index in [1.54, 1.807) is 12.1 Å². The first-order valence-corrected chi connectivity index (χ1v) is 8.69. The topological polar surface area (TPSA) is 52.6 Å². The quantitative estimate of drug-likeness (QED) is 0.233. The fraction of sp³-hybridized carbons (Fsp3) is 0.0833. The zero-order chi connectivity index (χ0) is 20.5. The molecule has 0 spiro atoms. The number of ether oxygens (including phenoxy) is 2. The van der Waals surface area contributed by atoms with Gasteiger partial charge < -0.3 is 39.8 Å². The van der Waals surface area contributed by atoms with Crippen LogP contribution in [0.15, 0.2) is 110 Å². The van der Waals surface area contributed by atoms with Gasteiger partial charge in [0, 0.05) is 17.1 Å². The number of benzene rings is 1. The SMILES string of the molecule is C=CCOC(=O)c1ccccc1C(=O)OCC=C.[Fe].[cH-]1[cH-][cH-][cH-][cH-]1.c1cc[cH-]c1. The molecule has 3 rings (SSSR count). The predicted molar refractivity (Wildman–Crippen MR) is 111 cm³/mol. The summed E-state index contributed by atoms with van der Waals surface area (Å²) in [6.45, 7) is 7.07. The molecule has 0 bridgehead atoms. The van der Waals surface area contributed by atoms with Crippen LogP contribution in [0, 0.1) is 0 Å². The van der Waals surface area contributed by atoms with Crippen LogP contribution in [0.3, 0.4) is 0 Å². The molecule has 0 saturated carbocycles. The Hall–Kier alpha value is -3.14. The van der Waals surface area contributed by atoms with Gasteiger partial charge in [-0.1, -0.05) is 37.4 Å². The van der Waals surface area contributed by atoms with Crippen LogP contribution < -0.4 is 0 Å². The summed E-state index contributed by atoms with van der Waals surface area (Å²) in [5.74, 6) is -1.16. The van der Waals surface area contributed by atoms with E-state index >= 15 is 0 Å². The molecule has 0 heterocycles. The van der Waals surface area contributed by atoms with Gasteiger partial charge in [-0.25, -0.2) is 21.7 Å². The summed E-state index contributed by atoms with van der Waals surface area (Å²) in [6.07, 6.45) is 2.91. The van der Waals surface area contributed by atoms with Crippen LogP contribution in [0.4, 0.5) is 0 Å². The van der Waals surface area contributed by atoms with E-state index in [1.807, 2.05) is 60.7 Å². The summed E-state index contributed by atoms with van der Waals surface area (Å²) in [5, 5.41) is 0. The number of esters is 2. The molecule has 5 heteroatoms. The average molecular weight is 432 g/mol. The van der Waals surface area contributed by atoms with Crippen molar-refractivity contribution in [2.75, 3.05) is 13.2 Å². The van der Waals surface area contributed by atoms with E-state index in [4.69, 9.17) is 9.47 Å². The van der Waals surface area contributed by atoms with Gasteiger partial charge in [-0.15, -0.1) is 0 Å². The molecule has 4 nitrogen and oxygen atoms in total. The summed E-state index contributed by atoms with van der Waals surface area (Å²) in [4.78, 5) is 23.4. The largest absolute Gasteiger partial charge is 0.748 e. The van der Waals surface area contributed by atoms with E-state index in [2.05, 4.69) is 13.2 Å². The van der Waals surface area contributed by atoms with Gasteiger partial charge in [-0.2, -0.15) is 18.2 Å². The molecule has 0 saturated heterocycles. The van der Waals surface area contributed by atoms with Crippen LogP contribution in [-0.2, 0) is 26.5 Å². The Labute approximate surface area is 182 Å². The van der Waals surface area contributed by atoms with E-state index in [0.717, 1.165) is 0 Å². The second kappa shape index (κ2) is 17.0. The minimum Gasteiger partial charge on any atom is -0.748 e. The molecule has 158 valence electrons. The van der Waals surface area contributed by atoms with Gasteiger partial charge in [0.15, 0.2) is 0 Å². The van der Waals surface area contributed by atoms with Crippen LogP contribution in [0.2, 0.25) is 0 Å². The van der Waals surface area contributed by atoms with Gasteiger partial charge in [-0.3, -0.25) is 0 Å². The zero-order valence-corrected chi connectivity index (χ0v) is 17.2. The molecule has 0 atom stereocenters. The Morgan fingerprint density at radius 2 is 1.14 bits per heavy atom. The summed E-state index contributed by atoms with van der Waals surface area (Å²) in [7, 11) is 0. The van der Waals surface area contributed by atoms with Crippen molar-refractivity contribution in [3.63, 3.8) is 0 Å². The fourth-order valence-electron chi connectivity index (χ4n) is 1.91. The van der Waals surface area contributed by atoms with E-state index < -0.39 is 11.9 Å². The molecule has 0 unspecified atom stereocenters. The normalized spacial score (nSPS) is 8.55. The van der Waals surface area contributed by atoms with E-state index in [0.29, 0.717) is 0 Å². The zero-order valence-electron chi connectivity index (χ0n) is 16.1. The molecule has 0 aliphatic heterocycles. The van der Waals surface area contributed by atoms with Crippen molar-refractivity contribution < 1.29 is 36.1 Å². The third-order valence-electron chi connectivity index (χ3n) is 3.14. The summed E-state index contributed by atoms with van der Waals surface area (Å²) in [5.41, 5.74) is 0.349. The second-order valence-corrected chi connectivity index (χ2v) is 5.24. The molecule has 3 aromatic carbocycles. The van der Waals surface area contributed by atoms with Crippen molar-refractivity contribution in [1.29, 1.82) is 0 Å². The van der Waals surface area contributed by atoms with E-state index in [1.165, 1.54) is 24.3 Å². The predicted octanol–water partition coefficient (Wildman–Crippen LogP) is 5.18. The van der Waals surface area contributed by atoms with Gasteiger partial charge >= 0.3 is 11.9 Å². The standard InChI is InChI=1S/C14H14O4.2C5H5.Fe/c1-3-9-17-13(15)11-7-5-6-8-12(11)14(16)18-10-4-2;2*1-2-4-5-3-1;/h3-8H,1-2,9-10H2;2*1-5H;/q;-5;-1;. The molecular formula is C24H24FeO4-6. The molecule has 0 fully saturated rings. The molecule has 0 amide bonds. The third kappa shape index (κ3) is 11.3. The minimum atomic E-state index is -0.582. The number of hydrogen-bond acceptors (Lipinski definition) is 4. The van der Waals surface area contributed by atoms with Crippen molar-refractivity contribution >= 4 is 11.9 Å². The van der Waals surface area contributed by atoms with Gasteiger partial charge in [0.25, 0.3) is 0 Å². The Bertz CT molecular complexity index is 702. The van der Waals surface area contributed by atoms with Gasteiger partial charge in [-0.05, 0) is 12.1 Å². The van der Waals surface area contributed by atoms with Crippen molar-refractivity contribution in [2.45, 2.75) is 0 Å². The van der Waals surface area contributed by atoms with Crippen LogP contribution in [-0.4, -0.2) is 25.2 Å². The maximum atomic E-state index is 11.7. The fourth-order valence-corrected chi connectivity index (χ4v) is 1.91. The van der Waals surface area contributed by atoms with Gasteiger partial charge in [0.05, 0.1) is 11.1 Å². The second-order valence-electron chi connectivity index (χ2n) is 5.24. The van der Waals surface area contributed by atoms with Crippen molar-refractivity contribution in [3.05, 3.63) is 121 Å². The summed E-state index contributed by atoms with van der Waals surface area (Å²) < 4.78 is 9.78. The maximum absolute atomic E-state index is 11.7. The first-order valence-electron chi connectivity index (χ1n) is 8.69. The molecule has 0 aromatic heterocycles. The minimum absolute atomic E-state index is 0. The Kier molecular flexibility index (Phi) is 15.2. The van der Waals surface area contributed by atoms with Gasteiger partial charge in [0.1, 0.15) is 13.2 Å². The van der Waals surface area contributed by atoms with E-state index in [9.17, 15) is 9.59 Å². The molecule has 0 N–H and O–H groups in total. The van der Waals surface area contributed by atoms with Crippen LogP contribution in [0.1, 0.15) is 20.7 Å². The maximum Gasteiger partial charge on any atom is 0.339 e. The Morgan fingerprint density at radius 1 is 0.759 bits per heavy atom. The Morgan fingerprint density at radius 3 is 1.41 bits per heavy atom. The number of carbonyl (C=O) groups is 2. The van der Waals surface area contributed by atoms with E-state index in [-0.39, 0.29) is 41.4 Å². The summed E-state index contributed by atoms with van der Waals surface area (Å²) >= 11 is 0. The molecule has 29 heavy (non-hydrogen) atoms. The average Bonchev–Trinajstić information content (AvgIpc) is 3.48. The molecule has 0 aliphatic carbocycles. The van der Waals surface area contributed by atoms with Crippen LogP contribution >= 0.6 is 0 Å². The molecule has 0 aliphatic rings. The monoisotopic (exact) mass is 432 g/mol. The first kappa shape index (κ1) is 25.9. The Balaban J connectivity index is 0.000000575. The van der Waals surface area contributed by atoms with Crippen molar-refractivity contribution in [2.24, 2.45) is 0 Å². The summed E-state index contributed by atoms with van der Waals surface area (Å²) in [6, 6.07) is 26.3. The number of rotatable bonds is 6. The first-order chi connectivity index (χ1) is 13.7. The van der Waals surface area contributed by atoms with Crippen LogP contribution in [0.5, 0.6) is 0 Å². The molecule has 0 radical (unpaired) electrons. The van der Waals surface area contributed by atoms with Crippen LogP contribution in [0.25, 0.3) is 0 Å². The number of carbonyl (C=O) groups excluding carboxylic acids is 2. The van der Waals surface area contributed by atoms with Crippen molar-refractivity contribution in [3.8, 4) is 0 Å². The third-order valence-corrected chi connectivity index (χ3v) is 3.14. The molecule has 3 aromatic rings. The molecular weight excluding hydrogens is 408 g/mol. The number of hydrogen-bond donors (Lipinski definition) is 0. The van der Waals surface area contributed by atoms with Crippen molar-refractivity contribution in [1.82, 2.24) is 0 Å².